The molecule has 7 nitrogen and oxygen atoms in total. The predicted octanol–water partition coefficient (Wildman–Crippen LogP) is 0.995. The Bertz CT molecular complexity index is 443. The molecule has 7 heteroatoms. The molecule has 0 unspecified atom stereocenters. The Morgan fingerprint density at radius 3 is 2.80 bits per heavy atom. The number of methoxy groups -OCH3 is 1. The molecule has 0 aromatic carbocycles. The molecule has 1 aromatic heterocycles. The molecule has 1 aliphatic carbocycles. The molecule has 0 radical (unpaired) electrons. The van der Waals surface area contributed by atoms with E-state index in [1.165, 1.54) is 0 Å². The van der Waals surface area contributed by atoms with Crippen molar-refractivity contribution in [3.05, 3.63) is 11.4 Å². The van der Waals surface area contributed by atoms with Gasteiger partial charge in [0, 0.05) is 13.0 Å². The molecular weight excluding hydrogens is 262 g/mol. The van der Waals surface area contributed by atoms with E-state index in [-0.39, 0.29) is 5.97 Å². The van der Waals surface area contributed by atoms with Crippen molar-refractivity contribution in [3.8, 4) is 0 Å². The molecule has 1 fully saturated rings. The highest BCUT2D eigenvalue weighted by Gasteiger charge is 2.34. The summed E-state index contributed by atoms with van der Waals surface area (Å²) in [7, 11) is 1.64. The van der Waals surface area contributed by atoms with Crippen molar-refractivity contribution in [1.82, 2.24) is 15.0 Å². The van der Waals surface area contributed by atoms with Crippen LogP contribution in [0.4, 0.5) is 0 Å². The topological polar surface area (TPSA) is 75.5 Å². The van der Waals surface area contributed by atoms with Crippen molar-refractivity contribution in [1.29, 1.82) is 0 Å². The standard InChI is InChI=1S/C13H21N3O4/c1-3-20-13(17)11-12(10-4-5-10)16(15-14-11)6-7-19-9-8-18-2/h10H,3-9H2,1-2H3. The maximum absolute atomic E-state index is 11.8. The molecule has 0 atom stereocenters. The molecule has 0 saturated heterocycles. The zero-order valence-corrected chi connectivity index (χ0v) is 12.0. The molecule has 0 amide bonds. The monoisotopic (exact) mass is 283 g/mol. The maximum atomic E-state index is 11.8. The van der Waals surface area contributed by atoms with Crippen LogP contribution in [0, 0.1) is 0 Å². The van der Waals surface area contributed by atoms with Crippen LogP contribution < -0.4 is 0 Å². The number of carbonyl (C=O) groups is 1. The van der Waals surface area contributed by atoms with Crippen LogP contribution in [-0.4, -0.2) is 54.5 Å². The Balaban J connectivity index is 1.96. The fraction of sp³-hybridized carbons (Fsp3) is 0.769. The van der Waals surface area contributed by atoms with Gasteiger partial charge in [-0.15, -0.1) is 5.10 Å². The van der Waals surface area contributed by atoms with Gasteiger partial charge in [0.1, 0.15) is 0 Å². The van der Waals surface area contributed by atoms with E-state index in [0.29, 0.717) is 44.6 Å². The van der Waals surface area contributed by atoms with Gasteiger partial charge in [0.25, 0.3) is 0 Å². The number of hydrogen-bond acceptors (Lipinski definition) is 6. The lowest BCUT2D eigenvalue weighted by atomic mass is 10.2. The smallest absolute Gasteiger partial charge is 0.360 e. The Labute approximate surface area is 118 Å². The van der Waals surface area contributed by atoms with Crippen molar-refractivity contribution >= 4 is 5.97 Å². The van der Waals surface area contributed by atoms with E-state index >= 15 is 0 Å². The molecule has 0 spiro atoms. The Morgan fingerprint density at radius 1 is 1.35 bits per heavy atom. The molecular formula is C13H21N3O4. The summed E-state index contributed by atoms with van der Waals surface area (Å²) in [5.74, 6) is -0.00988. The van der Waals surface area contributed by atoms with E-state index in [9.17, 15) is 4.79 Å². The number of hydrogen-bond donors (Lipinski definition) is 0. The first-order valence-corrected chi connectivity index (χ1v) is 6.95. The van der Waals surface area contributed by atoms with E-state index in [4.69, 9.17) is 14.2 Å². The van der Waals surface area contributed by atoms with Crippen molar-refractivity contribution in [2.75, 3.05) is 33.5 Å². The van der Waals surface area contributed by atoms with Gasteiger partial charge in [-0.05, 0) is 19.8 Å². The normalized spacial score (nSPS) is 14.5. The van der Waals surface area contributed by atoms with E-state index in [0.717, 1.165) is 18.5 Å². The quantitative estimate of drug-likeness (QED) is 0.497. The predicted molar refractivity (Wildman–Crippen MR) is 70.6 cm³/mol. The fourth-order valence-corrected chi connectivity index (χ4v) is 1.99. The van der Waals surface area contributed by atoms with E-state index in [1.807, 2.05) is 0 Å². The molecule has 112 valence electrons. The Morgan fingerprint density at radius 2 is 2.15 bits per heavy atom. The summed E-state index contributed by atoms with van der Waals surface area (Å²) in [6, 6.07) is 0. The third kappa shape index (κ3) is 3.77. The summed E-state index contributed by atoms with van der Waals surface area (Å²) in [5, 5.41) is 8.02. The summed E-state index contributed by atoms with van der Waals surface area (Å²) >= 11 is 0. The number of aromatic nitrogens is 3. The fourth-order valence-electron chi connectivity index (χ4n) is 1.99. The summed E-state index contributed by atoms with van der Waals surface area (Å²) in [6.07, 6.45) is 2.15. The van der Waals surface area contributed by atoms with Crippen LogP contribution in [0.2, 0.25) is 0 Å². The second kappa shape index (κ2) is 7.35. The lowest BCUT2D eigenvalue weighted by Crippen LogP contribution is -2.14. The van der Waals surface area contributed by atoms with Gasteiger partial charge >= 0.3 is 5.97 Å². The highest BCUT2D eigenvalue weighted by atomic mass is 16.5. The summed E-state index contributed by atoms with van der Waals surface area (Å²) in [4.78, 5) is 11.8. The Hall–Kier alpha value is -1.47. The molecule has 0 bridgehead atoms. The molecule has 1 heterocycles. The van der Waals surface area contributed by atoms with Crippen LogP contribution in [0.5, 0.6) is 0 Å². The third-order valence-electron chi connectivity index (χ3n) is 3.09. The Kier molecular flexibility index (Phi) is 5.49. The molecule has 1 saturated carbocycles. The highest BCUT2D eigenvalue weighted by Crippen LogP contribution is 2.41. The zero-order chi connectivity index (χ0) is 14.4. The molecule has 1 aromatic rings. The minimum atomic E-state index is -0.388. The van der Waals surface area contributed by atoms with Crippen LogP contribution in [0.1, 0.15) is 41.9 Å². The largest absolute Gasteiger partial charge is 0.461 e. The zero-order valence-electron chi connectivity index (χ0n) is 12.0. The average molecular weight is 283 g/mol. The van der Waals surface area contributed by atoms with Gasteiger partial charge < -0.3 is 14.2 Å². The van der Waals surface area contributed by atoms with Gasteiger partial charge in [-0.1, -0.05) is 5.21 Å². The second-order valence-electron chi connectivity index (χ2n) is 4.65. The summed E-state index contributed by atoms with van der Waals surface area (Å²) in [5.41, 5.74) is 1.24. The SMILES string of the molecule is CCOC(=O)c1nnn(CCOCCOC)c1C1CC1. The van der Waals surface area contributed by atoms with E-state index < -0.39 is 0 Å². The summed E-state index contributed by atoms with van der Waals surface area (Å²) in [6.45, 7) is 4.35. The first-order chi connectivity index (χ1) is 9.77. The number of esters is 1. The lowest BCUT2D eigenvalue weighted by molar-refractivity contribution is 0.0517. The number of ether oxygens (including phenoxy) is 3. The van der Waals surface area contributed by atoms with Gasteiger partial charge in [-0.25, -0.2) is 9.48 Å². The van der Waals surface area contributed by atoms with E-state index in [2.05, 4.69) is 10.3 Å². The third-order valence-corrected chi connectivity index (χ3v) is 3.09. The molecule has 2 rings (SSSR count). The lowest BCUT2D eigenvalue weighted by Gasteiger charge is -2.07. The number of carbonyl (C=O) groups excluding carboxylic acids is 1. The average Bonchev–Trinajstić information content (AvgIpc) is 3.19. The maximum Gasteiger partial charge on any atom is 0.360 e. The van der Waals surface area contributed by atoms with Crippen molar-refractivity contribution in [2.24, 2.45) is 0 Å². The molecule has 0 N–H and O–H groups in total. The second-order valence-corrected chi connectivity index (χ2v) is 4.65. The first kappa shape index (κ1) is 14.9. The minimum absolute atomic E-state index is 0.343. The van der Waals surface area contributed by atoms with Crippen LogP contribution in [0.3, 0.4) is 0 Å². The van der Waals surface area contributed by atoms with Crippen molar-refractivity contribution < 1.29 is 19.0 Å². The van der Waals surface area contributed by atoms with Crippen molar-refractivity contribution in [2.45, 2.75) is 32.2 Å². The molecule has 1 aliphatic rings. The highest BCUT2D eigenvalue weighted by molar-refractivity contribution is 5.88. The van der Waals surface area contributed by atoms with Crippen molar-refractivity contribution in [3.63, 3.8) is 0 Å². The van der Waals surface area contributed by atoms with E-state index in [1.54, 1.807) is 18.7 Å². The van der Waals surface area contributed by atoms with Crippen LogP contribution in [-0.2, 0) is 20.8 Å². The van der Waals surface area contributed by atoms with Crippen LogP contribution in [0.25, 0.3) is 0 Å². The molecule has 0 aliphatic heterocycles. The van der Waals surface area contributed by atoms with Crippen LogP contribution >= 0.6 is 0 Å². The number of nitrogens with zero attached hydrogens (tertiary/aromatic N) is 3. The van der Waals surface area contributed by atoms with Crippen LogP contribution in [0.15, 0.2) is 0 Å². The molecule has 20 heavy (non-hydrogen) atoms. The minimum Gasteiger partial charge on any atom is -0.461 e. The van der Waals surface area contributed by atoms with Gasteiger partial charge in [-0.2, -0.15) is 0 Å². The summed E-state index contributed by atoms with van der Waals surface area (Å²) < 4.78 is 17.1. The first-order valence-electron chi connectivity index (χ1n) is 6.95. The number of rotatable bonds is 9. The van der Waals surface area contributed by atoms with Gasteiger partial charge in [0.2, 0.25) is 0 Å². The van der Waals surface area contributed by atoms with Gasteiger partial charge in [-0.3, -0.25) is 0 Å². The van der Waals surface area contributed by atoms with Gasteiger partial charge in [0.05, 0.1) is 38.7 Å². The van der Waals surface area contributed by atoms with Gasteiger partial charge in [0.15, 0.2) is 5.69 Å².